The van der Waals surface area contributed by atoms with Crippen molar-refractivity contribution < 1.29 is 42.7 Å². The van der Waals surface area contributed by atoms with E-state index in [1.54, 1.807) is 27.7 Å². The van der Waals surface area contributed by atoms with E-state index >= 15 is 0 Å². The van der Waals surface area contributed by atoms with E-state index < -0.39 is 33.5 Å². The standard InChI is InChI=1S/C8H10N2O3S.C7H8O4S.C5H10O2/c1-3-2-14-7-4(9)6(11)10(7)5(3)8(12)13;1-5-2-3-6(8)4-7(5)12(9,10)11;1-5(2,3)4(6)7/h4,7H,2,9H2,1H3,(H,12,13);2-4,8H,1H3,(H,9,10,11);1-3H3,(H,6,7)/t4-,7-;;/m1../s1. The van der Waals surface area contributed by atoms with Crippen LogP contribution in [-0.2, 0) is 24.5 Å². The summed E-state index contributed by atoms with van der Waals surface area (Å²) in [6, 6.07) is 3.23. The van der Waals surface area contributed by atoms with Gasteiger partial charge in [-0.3, -0.25) is 19.0 Å². The van der Waals surface area contributed by atoms with E-state index in [2.05, 4.69) is 0 Å². The van der Waals surface area contributed by atoms with Gasteiger partial charge in [0, 0.05) is 11.8 Å². The third-order valence-corrected chi connectivity index (χ3v) is 6.93. The lowest BCUT2D eigenvalue weighted by Gasteiger charge is -2.47. The Labute approximate surface area is 196 Å². The number of aryl methyl sites for hydroxylation is 1. The summed E-state index contributed by atoms with van der Waals surface area (Å²) in [6.07, 6.45) is 0. The molecule has 2 heterocycles. The van der Waals surface area contributed by atoms with Crippen molar-refractivity contribution in [3.8, 4) is 5.75 Å². The fourth-order valence-corrected chi connectivity index (χ4v) is 4.52. The van der Waals surface area contributed by atoms with Crippen molar-refractivity contribution in [1.82, 2.24) is 4.90 Å². The van der Waals surface area contributed by atoms with Crippen molar-refractivity contribution in [3.05, 3.63) is 35.0 Å². The molecule has 33 heavy (non-hydrogen) atoms. The minimum absolute atomic E-state index is 0.112. The van der Waals surface area contributed by atoms with Gasteiger partial charge in [-0.25, -0.2) is 4.79 Å². The van der Waals surface area contributed by atoms with E-state index in [4.69, 9.17) is 25.6 Å². The summed E-state index contributed by atoms with van der Waals surface area (Å²) in [7, 11) is -4.22. The van der Waals surface area contributed by atoms with E-state index in [-0.39, 0.29) is 27.6 Å². The molecule has 0 bridgehead atoms. The van der Waals surface area contributed by atoms with Gasteiger partial charge >= 0.3 is 11.9 Å². The average molecular weight is 505 g/mol. The lowest BCUT2D eigenvalue weighted by atomic mass is 9.98. The first-order valence-electron chi connectivity index (χ1n) is 9.53. The van der Waals surface area contributed by atoms with Gasteiger partial charge in [-0.15, -0.1) is 11.8 Å². The van der Waals surface area contributed by atoms with Crippen molar-refractivity contribution in [2.45, 2.75) is 50.9 Å². The number of aromatic hydroxyl groups is 1. The smallest absolute Gasteiger partial charge is 0.352 e. The van der Waals surface area contributed by atoms with Gasteiger partial charge in [0.2, 0.25) is 5.91 Å². The van der Waals surface area contributed by atoms with E-state index in [0.29, 0.717) is 11.3 Å². The highest BCUT2D eigenvalue weighted by molar-refractivity contribution is 8.00. The Balaban J connectivity index is 0.000000263. The number of phenolic OH excluding ortho intramolecular Hbond substituents is 1. The number of aliphatic carboxylic acids is 2. The molecule has 2 aliphatic rings. The third kappa shape index (κ3) is 7.19. The van der Waals surface area contributed by atoms with Crippen molar-refractivity contribution >= 4 is 39.7 Å². The SMILES string of the molecule is CC(C)(C)C(=O)O.CC1=C(C(=O)O)N2C(=O)[C@@H](N)[C@H]2SC1.Cc1ccc(O)cc1S(=O)(=O)O. The second-order valence-electron chi connectivity index (χ2n) is 8.35. The Morgan fingerprint density at radius 1 is 1.18 bits per heavy atom. The average Bonchev–Trinajstić information content (AvgIpc) is 2.68. The molecule has 2 atom stereocenters. The van der Waals surface area contributed by atoms with E-state index in [0.717, 1.165) is 11.6 Å². The van der Waals surface area contributed by atoms with Gasteiger partial charge in [0.25, 0.3) is 10.1 Å². The normalized spacial score (nSPS) is 19.8. The summed E-state index contributed by atoms with van der Waals surface area (Å²) < 4.78 is 30.0. The van der Waals surface area contributed by atoms with Gasteiger partial charge in [0.05, 0.1) is 5.41 Å². The molecular formula is C20H28N2O9S2. The molecule has 1 aromatic rings. The number of hydrogen-bond acceptors (Lipinski definition) is 8. The van der Waals surface area contributed by atoms with E-state index in [1.807, 2.05) is 0 Å². The van der Waals surface area contributed by atoms with Crippen molar-refractivity contribution in [3.63, 3.8) is 0 Å². The molecular weight excluding hydrogens is 476 g/mol. The molecule has 0 unspecified atom stereocenters. The molecule has 11 nitrogen and oxygen atoms in total. The van der Waals surface area contributed by atoms with Gasteiger partial charge < -0.3 is 21.1 Å². The maximum atomic E-state index is 11.3. The number of carboxylic acid groups (broad SMARTS) is 2. The molecule has 2 aliphatic heterocycles. The zero-order valence-electron chi connectivity index (χ0n) is 18.8. The van der Waals surface area contributed by atoms with Crippen LogP contribution in [0.1, 0.15) is 33.3 Å². The number of benzene rings is 1. The molecule has 0 radical (unpaired) electrons. The lowest BCUT2D eigenvalue weighted by Crippen LogP contribution is -2.68. The maximum Gasteiger partial charge on any atom is 0.352 e. The number of rotatable bonds is 2. The first-order valence-corrected chi connectivity index (χ1v) is 12.0. The highest BCUT2D eigenvalue weighted by Gasteiger charge is 2.51. The number of thioether (sulfide) groups is 1. The number of carbonyl (C=O) groups is 3. The van der Waals surface area contributed by atoms with Crippen LogP contribution in [0, 0.1) is 12.3 Å². The molecule has 184 valence electrons. The Kier molecular flexibility index (Phi) is 9.08. The van der Waals surface area contributed by atoms with Gasteiger partial charge in [-0.1, -0.05) is 6.07 Å². The van der Waals surface area contributed by atoms with Crippen LogP contribution in [0.2, 0.25) is 0 Å². The number of carboxylic acids is 2. The summed E-state index contributed by atoms with van der Waals surface area (Å²) >= 11 is 1.51. The number of amides is 1. The minimum atomic E-state index is -4.22. The maximum absolute atomic E-state index is 11.3. The Hall–Kier alpha value is -2.61. The van der Waals surface area contributed by atoms with Gasteiger partial charge in [0.1, 0.15) is 27.8 Å². The van der Waals surface area contributed by atoms with Crippen LogP contribution in [0.3, 0.4) is 0 Å². The molecule has 1 saturated heterocycles. The second-order valence-corrected chi connectivity index (χ2v) is 10.8. The zero-order chi connectivity index (χ0) is 25.9. The summed E-state index contributed by atoms with van der Waals surface area (Å²) in [5, 5.41) is 25.9. The van der Waals surface area contributed by atoms with Crippen LogP contribution in [0.5, 0.6) is 5.75 Å². The molecule has 0 saturated carbocycles. The van der Waals surface area contributed by atoms with Crippen LogP contribution in [0.25, 0.3) is 0 Å². The summed E-state index contributed by atoms with van der Waals surface area (Å²) in [4.78, 5) is 33.3. The largest absolute Gasteiger partial charge is 0.508 e. The Bertz CT molecular complexity index is 1080. The molecule has 1 aromatic carbocycles. The van der Waals surface area contributed by atoms with Crippen molar-refractivity contribution in [2.24, 2.45) is 11.1 Å². The van der Waals surface area contributed by atoms with Crippen LogP contribution >= 0.6 is 11.8 Å². The number of nitrogens with zero attached hydrogens (tertiary/aromatic N) is 1. The summed E-state index contributed by atoms with van der Waals surface area (Å²) in [5.74, 6) is -1.66. The van der Waals surface area contributed by atoms with Gasteiger partial charge in [-0.05, 0) is 51.8 Å². The lowest BCUT2D eigenvalue weighted by molar-refractivity contribution is -0.147. The zero-order valence-corrected chi connectivity index (χ0v) is 20.4. The number of β-lactam (4-membered cyclic amide) rings is 1. The molecule has 0 spiro atoms. The summed E-state index contributed by atoms with van der Waals surface area (Å²) in [6.45, 7) is 8.24. The monoisotopic (exact) mass is 504 g/mol. The first kappa shape index (κ1) is 28.4. The van der Waals surface area contributed by atoms with Gasteiger partial charge in [0.15, 0.2) is 0 Å². The fourth-order valence-electron chi connectivity index (χ4n) is 2.54. The number of hydrogen-bond donors (Lipinski definition) is 5. The van der Waals surface area contributed by atoms with Crippen LogP contribution < -0.4 is 5.73 Å². The van der Waals surface area contributed by atoms with Crippen LogP contribution in [0.15, 0.2) is 34.4 Å². The number of phenols is 1. The van der Waals surface area contributed by atoms with Crippen molar-refractivity contribution in [2.75, 3.05) is 5.75 Å². The first-order chi connectivity index (χ1) is 14.9. The molecule has 13 heteroatoms. The highest BCUT2D eigenvalue weighted by atomic mass is 32.2. The predicted octanol–water partition coefficient (Wildman–Crippen LogP) is 1.65. The molecule has 0 aliphatic carbocycles. The Morgan fingerprint density at radius 2 is 1.70 bits per heavy atom. The molecule has 6 N–H and O–H groups in total. The minimum Gasteiger partial charge on any atom is -0.508 e. The number of fused-ring (bicyclic) bond motifs is 1. The number of carbonyl (C=O) groups excluding carboxylic acids is 1. The fraction of sp³-hybridized carbons (Fsp3) is 0.450. The highest BCUT2D eigenvalue weighted by Crippen LogP contribution is 2.39. The topological polar surface area (TPSA) is 196 Å². The summed E-state index contributed by atoms with van der Waals surface area (Å²) in [5.41, 5.74) is 6.20. The van der Waals surface area contributed by atoms with Crippen LogP contribution in [-0.4, -0.2) is 68.2 Å². The van der Waals surface area contributed by atoms with E-state index in [1.165, 1.54) is 35.7 Å². The Morgan fingerprint density at radius 3 is 2.09 bits per heavy atom. The third-order valence-electron chi connectivity index (χ3n) is 4.49. The molecule has 1 fully saturated rings. The van der Waals surface area contributed by atoms with Crippen molar-refractivity contribution in [1.29, 1.82) is 0 Å². The van der Waals surface area contributed by atoms with Crippen LogP contribution in [0.4, 0.5) is 0 Å². The van der Waals surface area contributed by atoms with Gasteiger partial charge in [-0.2, -0.15) is 8.42 Å². The molecule has 3 rings (SSSR count). The predicted molar refractivity (Wildman–Crippen MR) is 121 cm³/mol. The quantitative estimate of drug-likeness (QED) is 0.290. The second kappa shape index (κ2) is 10.5. The molecule has 0 aromatic heterocycles. The number of nitrogens with two attached hydrogens (primary N) is 1. The van der Waals surface area contributed by atoms with E-state index in [9.17, 15) is 22.8 Å². The molecule has 1 amide bonds.